The van der Waals surface area contributed by atoms with Crippen LogP contribution in [0.5, 0.6) is 0 Å². The largest absolute Gasteiger partial charge is 0.363 e. The Kier molecular flexibility index (Phi) is 6.93. The quantitative estimate of drug-likeness (QED) is 0.744. The smallest absolute Gasteiger partial charge is 0.253 e. The lowest BCUT2D eigenvalue weighted by Crippen LogP contribution is -2.48. The zero-order chi connectivity index (χ0) is 21.9. The summed E-state index contributed by atoms with van der Waals surface area (Å²) in [4.78, 5) is 20.7. The molecule has 0 spiro atoms. The number of hydrogen-bond acceptors (Lipinski definition) is 4. The van der Waals surface area contributed by atoms with Crippen LogP contribution >= 0.6 is 11.6 Å². The average Bonchev–Trinajstić information content (AvgIpc) is 2.71. The zero-order valence-electron chi connectivity index (χ0n) is 17.5. The summed E-state index contributed by atoms with van der Waals surface area (Å²) in [5, 5.41) is 3.10. The van der Waals surface area contributed by atoms with E-state index in [4.69, 9.17) is 11.6 Å². The molecule has 2 heterocycles. The van der Waals surface area contributed by atoms with Crippen LogP contribution in [0.3, 0.4) is 0 Å². The second-order valence-electron chi connectivity index (χ2n) is 8.00. The van der Waals surface area contributed by atoms with Gasteiger partial charge in [0, 0.05) is 58.7 Å². The van der Waals surface area contributed by atoms with E-state index in [0.717, 1.165) is 17.1 Å². The first-order chi connectivity index (χ1) is 14.2. The van der Waals surface area contributed by atoms with Crippen LogP contribution in [0.1, 0.15) is 34.5 Å². The molecular weight excluding hydrogens is 410 g/mol. The van der Waals surface area contributed by atoms with Gasteiger partial charge in [0.1, 0.15) is 17.3 Å². The summed E-state index contributed by atoms with van der Waals surface area (Å²) in [6.07, 6.45) is 0.482. The number of hydrogen-bond donors (Lipinski definition) is 1. The van der Waals surface area contributed by atoms with Gasteiger partial charge < -0.3 is 15.1 Å². The number of aromatic nitrogens is 1. The third-order valence-electron chi connectivity index (χ3n) is 5.49. The van der Waals surface area contributed by atoms with Gasteiger partial charge in [-0.1, -0.05) is 17.7 Å². The second-order valence-corrected chi connectivity index (χ2v) is 8.41. The Morgan fingerprint density at radius 2 is 1.97 bits per heavy atom. The van der Waals surface area contributed by atoms with E-state index in [1.165, 1.54) is 18.2 Å². The molecule has 30 heavy (non-hydrogen) atoms. The van der Waals surface area contributed by atoms with Crippen LogP contribution in [0.4, 0.5) is 14.6 Å². The van der Waals surface area contributed by atoms with Crippen LogP contribution in [0, 0.1) is 12.7 Å². The number of likely N-dealkylation sites (tertiary alicyclic amines) is 1. The molecule has 0 aliphatic carbocycles. The summed E-state index contributed by atoms with van der Waals surface area (Å²) in [5.74, 6) is 0.0360. The molecule has 2 aromatic rings. The lowest BCUT2D eigenvalue weighted by atomic mass is 9.92. The molecule has 1 amide bonds. The van der Waals surface area contributed by atoms with Crippen molar-refractivity contribution in [2.45, 2.75) is 32.0 Å². The van der Waals surface area contributed by atoms with E-state index in [-0.39, 0.29) is 30.3 Å². The van der Waals surface area contributed by atoms with Gasteiger partial charge in [-0.2, -0.15) is 0 Å². The number of halogens is 3. The normalized spacial score (nSPS) is 15.9. The highest BCUT2D eigenvalue weighted by molar-refractivity contribution is 6.31. The van der Waals surface area contributed by atoms with E-state index < -0.39 is 11.5 Å². The Morgan fingerprint density at radius 1 is 1.27 bits per heavy atom. The van der Waals surface area contributed by atoms with Gasteiger partial charge in [-0.15, -0.1) is 0 Å². The van der Waals surface area contributed by atoms with Crippen molar-refractivity contribution in [1.29, 1.82) is 0 Å². The molecule has 162 valence electrons. The van der Waals surface area contributed by atoms with Crippen molar-refractivity contribution in [1.82, 2.24) is 15.2 Å². The van der Waals surface area contributed by atoms with Crippen molar-refractivity contribution in [2.75, 3.05) is 38.6 Å². The molecule has 5 nitrogen and oxygen atoms in total. The topological polar surface area (TPSA) is 48.5 Å². The van der Waals surface area contributed by atoms with Gasteiger partial charge in [0.05, 0.1) is 10.7 Å². The summed E-state index contributed by atoms with van der Waals surface area (Å²) in [5.41, 5.74) is 0.878. The molecule has 1 aromatic heterocycles. The fourth-order valence-electron chi connectivity index (χ4n) is 3.49. The van der Waals surface area contributed by atoms with E-state index in [1.54, 1.807) is 4.90 Å². The minimum atomic E-state index is -1.38. The molecule has 1 aliphatic heterocycles. The molecule has 0 saturated carbocycles. The molecule has 0 bridgehead atoms. The first-order valence-electron chi connectivity index (χ1n) is 9.96. The number of benzene rings is 1. The summed E-state index contributed by atoms with van der Waals surface area (Å²) in [6.45, 7) is 3.28. The summed E-state index contributed by atoms with van der Waals surface area (Å²) >= 11 is 5.77. The average molecular weight is 437 g/mol. The SMILES string of the molecule is Cc1ccc(N(C)C)nc1CNCC1(F)CCN(C(=O)c2ccc(F)c(Cl)c2)CC1. The number of nitrogens with one attached hydrogen (secondary N) is 1. The summed E-state index contributed by atoms with van der Waals surface area (Å²) in [6, 6.07) is 7.85. The highest BCUT2D eigenvalue weighted by Gasteiger charge is 2.36. The lowest BCUT2D eigenvalue weighted by molar-refractivity contribution is 0.0434. The van der Waals surface area contributed by atoms with Crippen molar-refractivity contribution < 1.29 is 13.6 Å². The van der Waals surface area contributed by atoms with Crippen LogP contribution in [-0.2, 0) is 6.54 Å². The van der Waals surface area contributed by atoms with Crippen molar-refractivity contribution in [2.24, 2.45) is 0 Å². The number of anilines is 1. The number of alkyl halides is 1. The van der Waals surface area contributed by atoms with Crippen LogP contribution in [0.2, 0.25) is 5.02 Å². The maximum absolute atomic E-state index is 15.2. The van der Waals surface area contributed by atoms with E-state index in [2.05, 4.69) is 10.3 Å². The molecule has 0 atom stereocenters. The third kappa shape index (κ3) is 5.26. The van der Waals surface area contributed by atoms with Gasteiger partial charge in [-0.05, 0) is 36.8 Å². The number of carbonyl (C=O) groups is 1. The van der Waals surface area contributed by atoms with Gasteiger partial charge in [-0.3, -0.25) is 4.79 Å². The molecule has 1 saturated heterocycles. The Morgan fingerprint density at radius 3 is 2.60 bits per heavy atom. The summed E-state index contributed by atoms with van der Waals surface area (Å²) < 4.78 is 28.6. The maximum atomic E-state index is 15.2. The summed E-state index contributed by atoms with van der Waals surface area (Å²) in [7, 11) is 3.86. The van der Waals surface area contributed by atoms with Gasteiger partial charge in [-0.25, -0.2) is 13.8 Å². The predicted octanol–water partition coefficient (Wildman–Crippen LogP) is 3.98. The zero-order valence-corrected chi connectivity index (χ0v) is 18.3. The van der Waals surface area contributed by atoms with E-state index in [9.17, 15) is 9.18 Å². The molecule has 8 heteroatoms. The fraction of sp³-hybridized carbons (Fsp3) is 0.455. The molecule has 1 aliphatic rings. The monoisotopic (exact) mass is 436 g/mol. The van der Waals surface area contributed by atoms with Crippen molar-refractivity contribution >= 4 is 23.3 Å². The van der Waals surface area contributed by atoms with Crippen LogP contribution in [0.25, 0.3) is 0 Å². The van der Waals surface area contributed by atoms with Crippen LogP contribution in [-0.4, -0.2) is 55.2 Å². The van der Waals surface area contributed by atoms with Crippen molar-refractivity contribution in [3.8, 4) is 0 Å². The standard InChI is InChI=1S/C22H27ClF2N4O/c1-15-4-7-20(28(2)3)27-19(15)13-26-14-22(25)8-10-29(11-9-22)21(30)16-5-6-18(24)17(23)12-16/h4-7,12,26H,8-11,13-14H2,1-3H3. The van der Waals surface area contributed by atoms with E-state index >= 15 is 4.39 Å². The molecule has 3 rings (SSSR count). The highest BCUT2D eigenvalue weighted by Crippen LogP contribution is 2.27. The first kappa shape index (κ1) is 22.4. The van der Waals surface area contributed by atoms with Crippen molar-refractivity contribution in [3.63, 3.8) is 0 Å². The number of carbonyl (C=O) groups excluding carboxylic acids is 1. The number of pyridine rings is 1. The van der Waals surface area contributed by atoms with Crippen LogP contribution in [0.15, 0.2) is 30.3 Å². The second kappa shape index (κ2) is 9.27. The van der Waals surface area contributed by atoms with Gasteiger partial charge in [0.2, 0.25) is 0 Å². The Labute approximate surface area is 181 Å². The minimum absolute atomic E-state index is 0.0934. The van der Waals surface area contributed by atoms with Gasteiger partial charge >= 0.3 is 0 Å². The van der Waals surface area contributed by atoms with E-state index in [0.29, 0.717) is 25.2 Å². The Bertz CT molecular complexity index is 914. The lowest BCUT2D eigenvalue weighted by Gasteiger charge is -2.36. The fourth-order valence-corrected chi connectivity index (χ4v) is 3.67. The molecular formula is C22H27ClF2N4O. The van der Waals surface area contributed by atoms with Crippen LogP contribution < -0.4 is 10.2 Å². The molecule has 1 N–H and O–H groups in total. The number of aryl methyl sites for hydroxylation is 1. The number of piperidine rings is 1. The molecule has 0 unspecified atom stereocenters. The van der Waals surface area contributed by atoms with Gasteiger partial charge in [0.25, 0.3) is 5.91 Å². The first-order valence-corrected chi connectivity index (χ1v) is 10.3. The number of rotatable bonds is 6. The minimum Gasteiger partial charge on any atom is -0.363 e. The predicted molar refractivity (Wildman–Crippen MR) is 115 cm³/mol. The molecule has 0 radical (unpaired) electrons. The highest BCUT2D eigenvalue weighted by atomic mass is 35.5. The third-order valence-corrected chi connectivity index (χ3v) is 5.78. The molecule has 1 aromatic carbocycles. The van der Waals surface area contributed by atoms with Crippen molar-refractivity contribution in [3.05, 3.63) is 58.0 Å². The van der Waals surface area contributed by atoms with E-state index in [1.807, 2.05) is 38.1 Å². The Hall–Kier alpha value is -2.25. The molecule has 1 fully saturated rings. The number of nitrogens with zero attached hydrogens (tertiary/aromatic N) is 3. The number of amides is 1. The maximum Gasteiger partial charge on any atom is 0.253 e. The van der Waals surface area contributed by atoms with Gasteiger partial charge in [0.15, 0.2) is 0 Å². The Balaban J connectivity index is 1.53.